The Hall–Kier alpha value is -2.37. The molecular weight excluding hydrogens is 253 g/mol. The molecule has 2 rings (SSSR count). The van der Waals surface area contributed by atoms with Gasteiger partial charge >= 0.3 is 5.97 Å². The standard InChI is InChI=1S/C13H12FNO4/c14-10-4-2-1-3-8(10)5-6-15-7-9(13(18)19)11(16)12(15)17/h1-4,16H,5-7H2,(H,18,19). The van der Waals surface area contributed by atoms with Gasteiger partial charge in [0.15, 0.2) is 5.76 Å². The molecule has 0 aromatic heterocycles. The Morgan fingerprint density at radius 1 is 1.37 bits per heavy atom. The predicted octanol–water partition coefficient (Wildman–Crippen LogP) is 1.11. The molecule has 0 atom stereocenters. The summed E-state index contributed by atoms with van der Waals surface area (Å²) >= 11 is 0. The van der Waals surface area contributed by atoms with Crippen LogP contribution in [0, 0.1) is 5.82 Å². The summed E-state index contributed by atoms with van der Waals surface area (Å²) < 4.78 is 13.4. The summed E-state index contributed by atoms with van der Waals surface area (Å²) in [5.74, 6) is -3.15. The molecule has 5 nitrogen and oxygen atoms in total. The van der Waals surface area contributed by atoms with Gasteiger partial charge in [0, 0.05) is 6.54 Å². The molecule has 2 N–H and O–H groups in total. The lowest BCUT2D eigenvalue weighted by Crippen LogP contribution is -2.30. The van der Waals surface area contributed by atoms with Crippen molar-refractivity contribution in [2.75, 3.05) is 13.1 Å². The maximum Gasteiger partial charge on any atom is 0.337 e. The van der Waals surface area contributed by atoms with Gasteiger partial charge in [0.2, 0.25) is 0 Å². The van der Waals surface area contributed by atoms with E-state index in [1.165, 1.54) is 11.0 Å². The zero-order chi connectivity index (χ0) is 14.0. The number of hydrogen-bond acceptors (Lipinski definition) is 3. The Kier molecular flexibility index (Phi) is 3.50. The molecule has 1 aromatic rings. The molecule has 1 heterocycles. The molecule has 0 fully saturated rings. The Bertz CT molecular complexity index is 568. The third-order valence-corrected chi connectivity index (χ3v) is 2.99. The number of aliphatic carboxylic acids is 1. The van der Waals surface area contributed by atoms with Crippen LogP contribution in [-0.4, -0.2) is 40.1 Å². The minimum absolute atomic E-state index is 0.153. The number of aliphatic hydroxyl groups is 1. The van der Waals surface area contributed by atoms with Gasteiger partial charge in [0.1, 0.15) is 11.4 Å². The van der Waals surface area contributed by atoms with Gasteiger partial charge in [-0.2, -0.15) is 0 Å². The first kappa shape index (κ1) is 13.1. The van der Waals surface area contributed by atoms with Crippen LogP contribution in [0.3, 0.4) is 0 Å². The summed E-state index contributed by atoms with van der Waals surface area (Å²) in [6, 6.07) is 6.17. The Balaban J connectivity index is 2.02. The number of carbonyl (C=O) groups excluding carboxylic acids is 1. The van der Waals surface area contributed by atoms with Crippen molar-refractivity contribution in [2.24, 2.45) is 0 Å². The average molecular weight is 265 g/mol. The van der Waals surface area contributed by atoms with Gasteiger partial charge in [0.25, 0.3) is 5.91 Å². The maximum atomic E-state index is 13.4. The van der Waals surface area contributed by atoms with E-state index in [9.17, 15) is 19.1 Å². The van der Waals surface area contributed by atoms with Crippen molar-refractivity contribution >= 4 is 11.9 Å². The number of carboxylic acid groups (broad SMARTS) is 1. The summed E-state index contributed by atoms with van der Waals surface area (Å²) in [5.41, 5.74) is 0.122. The topological polar surface area (TPSA) is 77.8 Å². The van der Waals surface area contributed by atoms with E-state index in [4.69, 9.17) is 5.11 Å². The molecule has 0 spiro atoms. The second kappa shape index (κ2) is 5.09. The summed E-state index contributed by atoms with van der Waals surface area (Å²) in [6.07, 6.45) is 0.262. The van der Waals surface area contributed by atoms with Gasteiger partial charge in [-0.05, 0) is 18.1 Å². The first-order valence-corrected chi connectivity index (χ1v) is 5.68. The highest BCUT2D eigenvalue weighted by molar-refractivity contribution is 6.04. The maximum absolute atomic E-state index is 13.4. The second-order valence-corrected chi connectivity index (χ2v) is 4.20. The van der Waals surface area contributed by atoms with Crippen LogP contribution in [-0.2, 0) is 16.0 Å². The summed E-state index contributed by atoms with van der Waals surface area (Å²) in [7, 11) is 0. The van der Waals surface area contributed by atoms with Crippen LogP contribution >= 0.6 is 0 Å². The Morgan fingerprint density at radius 3 is 2.63 bits per heavy atom. The molecule has 0 bridgehead atoms. The van der Waals surface area contributed by atoms with Crippen molar-refractivity contribution in [1.29, 1.82) is 0 Å². The quantitative estimate of drug-likeness (QED) is 0.854. The van der Waals surface area contributed by atoms with E-state index in [0.29, 0.717) is 5.56 Å². The van der Waals surface area contributed by atoms with Crippen LogP contribution in [0.1, 0.15) is 5.56 Å². The van der Waals surface area contributed by atoms with Crippen LogP contribution in [0.25, 0.3) is 0 Å². The fourth-order valence-corrected chi connectivity index (χ4v) is 1.92. The van der Waals surface area contributed by atoms with Gasteiger partial charge < -0.3 is 15.1 Å². The highest BCUT2D eigenvalue weighted by atomic mass is 19.1. The summed E-state index contributed by atoms with van der Waals surface area (Å²) in [4.78, 5) is 23.5. The number of benzene rings is 1. The first-order chi connectivity index (χ1) is 9.00. The van der Waals surface area contributed by atoms with Crippen LogP contribution in [0.5, 0.6) is 0 Å². The molecule has 0 radical (unpaired) electrons. The largest absolute Gasteiger partial charge is 0.503 e. The lowest BCUT2D eigenvalue weighted by molar-refractivity contribution is -0.133. The number of aliphatic hydroxyl groups excluding tert-OH is 1. The lowest BCUT2D eigenvalue weighted by Gasteiger charge is -2.15. The minimum Gasteiger partial charge on any atom is -0.503 e. The predicted molar refractivity (Wildman–Crippen MR) is 64.0 cm³/mol. The van der Waals surface area contributed by atoms with Crippen LogP contribution in [0.4, 0.5) is 4.39 Å². The van der Waals surface area contributed by atoms with E-state index >= 15 is 0 Å². The smallest absolute Gasteiger partial charge is 0.337 e. The molecule has 0 aliphatic carbocycles. The molecule has 1 amide bonds. The molecule has 1 aliphatic heterocycles. The number of carbonyl (C=O) groups is 2. The first-order valence-electron chi connectivity index (χ1n) is 5.68. The second-order valence-electron chi connectivity index (χ2n) is 4.20. The Labute approximate surface area is 108 Å². The van der Waals surface area contributed by atoms with E-state index in [0.717, 1.165) is 0 Å². The number of hydrogen-bond donors (Lipinski definition) is 2. The van der Waals surface area contributed by atoms with Gasteiger partial charge in [-0.3, -0.25) is 4.79 Å². The van der Waals surface area contributed by atoms with Gasteiger partial charge in [-0.15, -0.1) is 0 Å². The number of amides is 1. The van der Waals surface area contributed by atoms with Crippen LogP contribution in [0.2, 0.25) is 0 Å². The summed E-state index contributed by atoms with van der Waals surface area (Å²) in [6.45, 7) is -0.00490. The van der Waals surface area contributed by atoms with E-state index in [2.05, 4.69) is 0 Å². The SMILES string of the molecule is O=C(O)C1=C(O)C(=O)N(CCc2ccccc2F)C1. The monoisotopic (exact) mass is 265 g/mol. The highest BCUT2D eigenvalue weighted by Gasteiger charge is 2.33. The third kappa shape index (κ3) is 2.57. The van der Waals surface area contributed by atoms with Crippen molar-refractivity contribution in [2.45, 2.75) is 6.42 Å². The molecule has 0 saturated carbocycles. The van der Waals surface area contributed by atoms with Crippen molar-refractivity contribution in [3.8, 4) is 0 Å². The molecule has 6 heteroatoms. The lowest BCUT2D eigenvalue weighted by atomic mass is 10.1. The fourth-order valence-electron chi connectivity index (χ4n) is 1.92. The van der Waals surface area contributed by atoms with Crippen LogP contribution < -0.4 is 0 Å². The van der Waals surface area contributed by atoms with Gasteiger partial charge in [-0.25, -0.2) is 9.18 Å². The minimum atomic E-state index is -1.32. The molecule has 19 heavy (non-hydrogen) atoms. The zero-order valence-electron chi connectivity index (χ0n) is 9.97. The normalized spacial score (nSPS) is 15.2. The number of halogens is 1. The number of nitrogens with zero attached hydrogens (tertiary/aromatic N) is 1. The van der Waals surface area contributed by atoms with E-state index in [1.807, 2.05) is 0 Å². The Morgan fingerprint density at radius 2 is 2.05 bits per heavy atom. The van der Waals surface area contributed by atoms with Crippen molar-refractivity contribution < 1.29 is 24.2 Å². The summed E-state index contributed by atoms with van der Waals surface area (Å²) in [5, 5.41) is 18.2. The molecule has 1 aliphatic rings. The van der Waals surface area contributed by atoms with Crippen LogP contribution in [0.15, 0.2) is 35.6 Å². The molecule has 100 valence electrons. The van der Waals surface area contributed by atoms with Gasteiger partial charge in [0.05, 0.1) is 6.54 Å². The third-order valence-electron chi connectivity index (χ3n) is 2.99. The van der Waals surface area contributed by atoms with Crippen molar-refractivity contribution in [3.63, 3.8) is 0 Å². The fraction of sp³-hybridized carbons (Fsp3) is 0.231. The van der Waals surface area contributed by atoms with Crippen molar-refractivity contribution in [3.05, 3.63) is 47.0 Å². The highest BCUT2D eigenvalue weighted by Crippen LogP contribution is 2.18. The van der Waals surface area contributed by atoms with Gasteiger partial charge in [-0.1, -0.05) is 18.2 Å². The molecular formula is C13H12FNO4. The van der Waals surface area contributed by atoms with Crippen molar-refractivity contribution in [1.82, 2.24) is 4.90 Å². The molecule has 1 aromatic carbocycles. The average Bonchev–Trinajstić information content (AvgIpc) is 2.66. The zero-order valence-corrected chi connectivity index (χ0v) is 9.97. The number of rotatable bonds is 4. The number of carboxylic acids is 1. The molecule has 0 saturated heterocycles. The van der Waals surface area contributed by atoms with E-state index < -0.39 is 17.6 Å². The molecule has 0 unspecified atom stereocenters. The van der Waals surface area contributed by atoms with E-state index in [1.54, 1.807) is 18.2 Å². The van der Waals surface area contributed by atoms with E-state index in [-0.39, 0.29) is 30.9 Å².